The molecule has 9 aromatic carbocycles. The minimum Gasteiger partial charge on any atom is -0.296 e. The van der Waals surface area contributed by atoms with Gasteiger partial charge >= 0.3 is 0 Å². The average molecular weight is 662 g/mol. The Kier molecular flexibility index (Phi) is 3.89. The molecule has 2 nitrogen and oxygen atoms in total. The highest BCUT2D eigenvalue weighted by Crippen LogP contribution is 2.52. The highest BCUT2D eigenvalue weighted by atomic mass is 15.1. The standard InChI is InChI=1S/C49H32N2/c1-2-46-50-43-24-11-12-25-45(43)51(46)44-29-28-41(32-16-5-6-17-33(32)44)48-35-18-7-9-20-37(35)49(38-21-10-8-19-36(38)48)42-27-26-40-31-15-4-3-14-30(31)34-22-13-23-39(42)47(34)40/h3-29H,2H2,1H3/i1D3,2D2,7D,8D,9D,10D,18D,19D,20D,21D. The van der Waals surface area contributed by atoms with Crippen molar-refractivity contribution in [2.45, 2.75) is 13.2 Å². The number of nitrogens with zero attached hydrogens (tertiary/aromatic N) is 2. The van der Waals surface area contributed by atoms with E-state index < -0.39 is 49.5 Å². The average Bonchev–Trinajstić information content (AvgIpc) is 3.85. The van der Waals surface area contributed by atoms with Gasteiger partial charge in [-0.15, -0.1) is 0 Å². The van der Waals surface area contributed by atoms with Crippen molar-refractivity contribution in [3.05, 3.63) is 169 Å². The van der Waals surface area contributed by atoms with Crippen LogP contribution in [0.3, 0.4) is 0 Å². The second-order valence-electron chi connectivity index (χ2n) is 12.7. The van der Waals surface area contributed by atoms with Crippen LogP contribution in [0.4, 0.5) is 0 Å². The van der Waals surface area contributed by atoms with E-state index in [0.29, 0.717) is 38.6 Å². The van der Waals surface area contributed by atoms with E-state index in [1.54, 1.807) is 60.7 Å². The second kappa shape index (κ2) is 10.7. The van der Waals surface area contributed by atoms with E-state index in [-0.39, 0.29) is 50.6 Å². The molecule has 1 heterocycles. The zero-order valence-electron chi connectivity index (χ0n) is 39.9. The van der Waals surface area contributed by atoms with E-state index in [4.69, 9.17) is 12.3 Å². The first-order chi connectivity index (χ1) is 30.5. The summed E-state index contributed by atoms with van der Waals surface area (Å²) in [7, 11) is 0. The Bertz CT molecular complexity index is 3630. The molecule has 0 saturated heterocycles. The maximum atomic E-state index is 9.62. The SMILES string of the molecule is [2H]c1c([2H])c([2H])c2c(-c3ccc4c5c(cccc35)-c3ccccc3-4)c3c([2H])c([2H])c([2H])c([2H])c3c(-c3ccc(-n4c(C([2H])([2H])C([2H])([2H])[2H])nc5ccccc54)c4ccccc34)c2c1[2H]. The highest BCUT2D eigenvalue weighted by Gasteiger charge is 2.25. The molecule has 1 aliphatic carbocycles. The van der Waals surface area contributed by atoms with Gasteiger partial charge in [0, 0.05) is 18.6 Å². The first-order valence-electron chi connectivity index (χ1n) is 23.2. The van der Waals surface area contributed by atoms with Crippen LogP contribution in [0.2, 0.25) is 0 Å². The lowest BCUT2D eigenvalue weighted by Crippen LogP contribution is -2.01. The van der Waals surface area contributed by atoms with Gasteiger partial charge in [0.05, 0.1) is 27.7 Å². The summed E-state index contributed by atoms with van der Waals surface area (Å²) in [6.45, 7) is -3.09. The molecule has 0 amide bonds. The molecule has 0 saturated carbocycles. The zero-order chi connectivity index (χ0) is 44.9. The first-order valence-corrected chi connectivity index (χ1v) is 16.7. The van der Waals surface area contributed by atoms with E-state index in [1.165, 1.54) is 4.57 Å². The largest absolute Gasteiger partial charge is 0.296 e. The molecule has 0 radical (unpaired) electrons. The van der Waals surface area contributed by atoms with Crippen molar-refractivity contribution >= 4 is 54.1 Å². The quantitative estimate of drug-likeness (QED) is 0.172. The Balaban J connectivity index is 1.32. The molecule has 1 aromatic heterocycles. The molecule has 10 aromatic rings. The number of para-hydroxylation sites is 2. The first kappa shape index (κ1) is 18.5. The predicted molar refractivity (Wildman–Crippen MR) is 216 cm³/mol. The van der Waals surface area contributed by atoms with Crippen LogP contribution in [0, 0.1) is 0 Å². The summed E-state index contributed by atoms with van der Waals surface area (Å²) in [6.07, 6.45) is -2.90. The molecule has 0 spiro atoms. The zero-order valence-corrected chi connectivity index (χ0v) is 26.9. The summed E-state index contributed by atoms with van der Waals surface area (Å²) in [5.74, 6) is -0.344. The van der Waals surface area contributed by atoms with Gasteiger partial charge in [-0.1, -0.05) is 152 Å². The van der Waals surface area contributed by atoms with Crippen molar-refractivity contribution in [2.24, 2.45) is 0 Å². The Morgan fingerprint density at radius 2 is 1.04 bits per heavy atom. The molecule has 0 atom stereocenters. The van der Waals surface area contributed by atoms with E-state index in [0.717, 1.165) is 33.0 Å². The molecule has 2 heteroatoms. The van der Waals surface area contributed by atoms with E-state index >= 15 is 0 Å². The Morgan fingerprint density at radius 3 is 1.75 bits per heavy atom. The molecule has 0 fully saturated rings. The number of hydrogen-bond acceptors (Lipinski definition) is 1. The van der Waals surface area contributed by atoms with E-state index in [2.05, 4.69) is 4.98 Å². The minimum atomic E-state index is -3.09. The summed E-state index contributed by atoms with van der Waals surface area (Å²) in [4.78, 5) is 4.52. The van der Waals surface area contributed by atoms with E-state index in [1.807, 2.05) is 54.6 Å². The summed E-state index contributed by atoms with van der Waals surface area (Å²) in [6, 6.07) is 31.4. The molecular weight excluding hydrogens is 617 g/mol. The molecule has 0 bridgehead atoms. The van der Waals surface area contributed by atoms with Crippen LogP contribution in [-0.2, 0) is 6.37 Å². The van der Waals surface area contributed by atoms with E-state index in [9.17, 15) is 5.48 Å². The van der Waals surface area contributed by atoms with Crippen molar-refractivity contribution in [2.75, 3.05) is 0 Å². The van der Waals surface area contributed by atoms with Crippen molar-refractivity contribution in [1.29, 1.82) is 0 Å². The fourth-order valence-electron chi connectivity index (χ4n) is 8.24. The predicted octanol–water partition coefficient (Wildman–Crippen LogP) is 13.2. The van der Waals surface area contributed by atoms with Crippen LogP contribution >= 0.6 is 0 Å². The number of aryl methyl sites for hydroxylation is 1. The molecule has 238 valence electrons. The minimum absolute atomic E-state index is 0.0514. The third kappa shape index (κ3) is 3.90. The molecule has 0 N–H and O–H groups in total. The second-order valence-corrected chi connectivity index (χ2v) is 12.7. The van der Waals surface area contributed by atoms with Gasteiger partial charge < -0.3 is 0 Å². The summed E-state index contributed by atoms with van der Waals surface area (Å²) < 4.78 is 118. The van der Waals surface area contributed by atoms with Crippen molar-refractivity contribution in [1.82, 2.24) is 9.55 Å². The van der Waals surface area contributed by atoms with Crippen LogP contribution in [0.15, 0.2) is 164 Å². The van der Waals surface area contributed by atoms with Crippen molar-refractivity contribution in [3.63, 3.8) is 0 Å². The number of aromatic nitrogens is 2. The van der Waals surface area contributed by atoms with Gasteiger partial charge in [0.25, 0.3) is 0 Å². The van der Waals surface area contributed by atoms with Gasteiger partial charge in [-0.05, 0) is 100 Å². The number of benzene rings is 9. The smallest absolute Gasteiger partial charge is 0.114 e. The van der Waals surface area contributed by atoms with Gasteiger partial charge in [0.15, 0.2) is 0 Å². The van der Waals surface area contributed by atoms with Gasteiger partial charge in [-0.3, -0.25) is 4.57 Å². The number of hydrogen-bond donors (Lipinski definition) is 0. The Morgan fingerprint density at radius 1 is 0.510 bits per heavy atom. The van der Waals surface area contributed by atoms with Gasteiger partial charge in [-0.2, -0.15) is 0 Å². The van der Waals surface area contributed by atoms with Crippen LogP contribution in [0.1, 0.15) is 30.5 Å². The number of imidazole rings is 1. The topological polar surface area (TPSA) is 17.8 Å². The Hall–Kier alpha value is -6.51. The fourth-order valence-corrected chi connectivity index (χ4v) is 8.24. The monoisotopic (exact) mass is 661 g/mol. The van der Waals surface area contributed by atoms with Gasteiger partial charge in [0.1, 0.15) is 5.82 Å². The number of fused-ring (bicyclic) bond motifs is 7. The summed E-state index contributed by atoms with van der Waals surface area (Å²) >= 11 is 0. The van der Waals surface area contributed by atoms with Crippen LogP contribution in [0.5, 0.6) is 0 Å². The highest BCUT2D eigenvalue weighted by molar-refractivity contribution is 6.27. The summed E-state index contributed by atoms with van der Waals surface area (Å²) in [5, 5.41) is 2.90. The number of rotatable bonds is 4. The molecular formula is C49H32N2. The lowest BCUT2D eigenvalue weighted by molar-refractivity contribution is 0.913. The fraction of sp³-hybridized carbons (Fsp3) is 0.0408. The molecule has 11 rings (SSSR count). The van der Waals surface area contributed by atoms with Crippen molar-refractivity contribution < 1.29 is 17.8 Å². The van der Waals surface area contributed by atoms with Crippen LogP contribution in [0.25, 0.3) is 104 Å². The normalized spacial score (nSPS) is 16.3. The van der Waals surface area contributed by atoms with Crippen LogP contribution in [-0.4, -0.2) is 9.55 Å². The lowest BCUT2D eigenvalue weighted by Gasteiger charge is -2.21. The molecule has 51 heavy (non-hydrogen) atoms. The van der Waals surface area contributed by atoms with Crippen molar-refractivity contribution in [3.8, 4) is 50.2 Å². The lowest BCUT2D eigenvalue weighted by atomic mass is 9.83. The van der Waals surface area contributed by atoms with Gasteiger partial charge in [0.2, 0.25) is 0 Å². The summed E-state index contributed by atoms with van der Waals surface area (Å²) in [5.41, 5.74) is 6.52. The van der Waals surface area contributed by atoms with Gasteiger partial charge in [-0.25, -0.2) is 4.98 Å². The molecule has 1 aliphatic rings. The third-order valence-corrected chi connectivity index (χ3v) is 10.3. The molecule has 0 unspecified atom stereocenters. The Labute approximate surface area is 314 Å². The maximum Gasteiger partial charge on any atom is 0.114 e. The van der Waals surface area contributed by atoms with Crippen LogP contribution < -0.4 is 0 Å². The molecule has 0 aliphatic heterocycles. The third-order valence-electron chi connectivity index (χ3n) is 10.3. The maximum absolute atomic E-state index is 9.62.